The van der Waals surface area contributed by atoms with E-state index in [2.05, 4.69) is 15.7 Å². The van der Waals surface area contributed by atoms with Gasteiger partial charge in [-0.1, -0.05) is 18.2 Å². The molecule has 31 heavy (non-hydrogen) atoms. The van der Waals surface area contributed by atoms with Gasteiger partial charge in [0.1, 0.15) is 0 Å². The maximum atomic E-state index is 5.39. The van der Waals surface area contributed by atoms with E-state index in [1.54, 1.807) is 14.2 Å². The minimum absolute atomic E-state index is 0.536. The zero-order valence-corrected chi connectivity index (χ0v) is 18.0. The Morgan fingerprint density at radius 1 is 0.806 bits per heavy atom. The van der Waals surface area contributed by atoms with Gasteiger partial charge in [-0.2, -0.15) is 5.10 Å². The summed E-state index contributed by atoms with van der Waals surface area (Å²) >= 11 is 5.38. The highest BCUT2D eigenvalue weighted by atomic mass is 32.1. The molecule has 0 amide bonds. The van der Waals surface area contributed by atoms with Crippen LogP contribution in [0, 0.1) is 0 Å². The van der Waals surface area contributed by atoms with E-state index in [0.29, 0.717) is 16.6 Å². The van der Waals surface area contributed by atoms with Gasteiger partial charge in [-0.05, 0) is 72.9 Å². The molecule has 0 radical (unpaired) electrons. The lowest BCUT2D eigenvalue weighted by Crippen LogP contribution is -2.18. The number of nitrogens with zero attached hydrogens (tertiary/aromatic N) is 2. The third-order valence-electron chi connectivity index (χ3n) is 4.69. The van der Waals surface area contributed by atoms with E-state index in [9.17, 15) is 0 Å². The normalized spacial score (nSPS) is 10.4. The Kier molecular flexibility index (Phi) is 6.14. The average molecular weight is 431 g/mol. The van der Waals surface area contributed by atoms with Gasteiger partial charge >= 0.3 is 0 Å². The molecular weight excluding hydrogens is 408 g/mol. The molecule has 6 nitrogen and oxygen atoms in total. The zero-order chi connectivity index (χ0) is 21.6. The van der Waals surface area contributed by atoms with Crippen molar-refractivity contribution in [3.8, 4) is 28.4 Å². The van der Waals surface area contributed by atoms with Crippen molar-refractivity contribution in [1.29, 1.82) is 0 Å². The SMILES string of the molecule is COc1ccc(-c2ccn(-c3ccc(NC(=S)Nc4ccccc4)cc3)n2)cc1OC. The molecule has 0 bridgehead atoms. The second kappa shape index (κ2) is 9.32. The number of nitrogens with one attached hydrogen (secondary N) is 2. The molecule has 0 atom stereocenters. The summed E-state index contributed by atoms with van der Waals surface area (Å²) in [6, 6.07) is 25.4. The lowest BCUT2D eigenvalue weighted by molar-refractivity contribution is 0.355. The molecule has 0 unspecified atom stereocenters. The predicted molar refractivity (Wildman–Crippen MR) is 128 cm³/mol. The minimum atomic E-state index is 0.536. The number of hydrogen-bond donors (Lipinski definition) is 2. The van der Waals surface area contributed by atoms with Crippen molar-refractivity contribution >= 4 is 28.7 Å². The van der Waals surface area contributed by atoms with E-state index in [1.807, 2.05) is 89.7 Å². The van der Waals surface area contributed by atoms with Gasteiger partial charge in [-0.3, -0.25) is 0 Å². The van der Waals surface area contributed by atoms with Gasteiger partial charge in [0, 0.05) is 23.1 Å². The van der Waals surface area contributed by atoms with Crippen molar-refractivity contribution in [3.63, 3.8) is 0 Å². The summed E-state index contributed by atoms with van der Waals surface area (Å²) in [5.74, 6) is 1.36. The van der Waals surface area contributed by atoms with Crippen LogP contribution in [0.2, 0.25) is 0 Å². The van der Waals surface area contributed by atoms with Gasteiger partial charge in [0.15, 0.2) is 16.6 Å². The maximum Gasteiger partial charge on any atom is 0.175 e. The third-order valence-corrected chi connectivity index (χ3v) is 4.89. The molecule has 0 aliphatic heterocycles. The molecule has 1 heterocycles. The van der Waals surface area contributed by atoms with Crippen molar-refractivity contribution in [2.75, 3.05) is 24.9 Å². The fraction of sp³-hybridized carbons (Fsp3) is 0.0833. The largest absolute Gasteiger partial charge is 0.493 e. The van der Waals surface area contributed by atoms with Gasteiger partial charge in [-0.25, -0.2) is 4.68 Å². The monoisotopic (exact) mass is 430 g/mol. The van der Waals surface area contributed by atoms with Gasteiger partial charge in [0.2, 0.25) is 0 Å². The van der Waals surface area contributed by atoms with Crippen LogP contribution in [0.25, 0.3) is 16.9 Å². The van der Waals surface area contributed by atoms with E-state index in [-0.39, 0.29) is 0 Å². The molecule has 1 aromatic heterocycles. The highest BCUT2D eigenvalue weighted by Crippen LogP contribution is 2.31. The molecule has 0 aliphatic carbocycles. The molecule has 3 aromatic carbocycles. The van der Waals surface area contributed by atoms with E-state index < -0.39 is 0 Å². The number of methoxy groups -OCH3 is 2. The summed E-state index contributed by atoms with van der Waals surface area (Å²) in [5.41, 5.74) is 4.57. The quantitative estimate of drug-likeness (QED) is 0.401. The van der Waals surface area contributed by atoms with Crippen LogP contribution in [0.5, 0.6) is 11.5 Å². The Hall–Kier alpha value is -3.84. The van der Waals surface area contributed by atoms with Crippen LogP contribution in [0.3, 0.4) is 0 Å². The van der Waals surface area contributed by atoms with Crippen LogP contribution in [0.4, 0.5) is 11.4 Å². The van der Waals surface area contributed by atoms with Crippen LogP contribution in [0.15, 0.2) is 85.1 Å². The topological polar surface area (TPSA) is 60.3 Å². The summed E-state index contributed by atoms with van der Waals surface area (Å²) in [4.78, 5) is 0. The highest BCUT2D eigenvalue weighted by molar-refractivity contribution is 7.80. The van der Waals surface area contributed by atoms with Crippen molar-refractivity contribution < 1.29 is 9.47 Å². The lowest BCUT2D eigenvalue weighted by Gasteiger charge is -2.11. The van der Waals surface area contributed by atoms with Crippen molar-refractivity contribution in [2.45, 2.75) is 0 Å². The lowest BCUT2D eigenvalue weighted by atomic mass is 10.1. The first-order chi connectivity index (χ1) is 15.2. The predicted octanol–water partition coefficient (Wildman–Crippen LogP) is 5.37. The maximum absolute atomic E-state index is 5.39. The van der Waals surface area contributed by atoms with Crippen LogP contribution in [0.1, 0.15) is 0 Å². The molecule has 0 fully saturated rings. The summed E-state index contributed by atoms with van der Waals surface area (Å²) < 4.78 is 12.5. The first-order valence-corrected chi connectivity index (χ1v) is 10.1. The van der Waals surface area contributed by atoms with Crippen molar-refractivity contribution in [1.82, 2.24) is 9.78 Å². The third kappa shape index (κ3) is 4.84. The molecule has 7 heteroatoms. The van der Waals surface area contributed by atoms with Crippen LogP contribution >= 0.6 is 12.2 Å². The molecule has 0 saturated heterocycles. The number of hydrogen-bond acceptors (Lipinski definition) is 4. The van der Waals surface area contributed by atoms with E-state index >= 15 is 0 Å². The Balaban J connectivity index is 1.45. The molecule has 2 N–H and O–H groups in total. The van der Waals surface area contributed by atoms with Gasteiger partial charge < -0.3 is 20.1 Å². The fourth-order valence-corrected chi connectivity index (χ4v) is 3.37. The number of thiocarbonyl (C=S) groups is 1. The van der Waals surface area contributed by atoms with Crippen LogP contribution in [-0.4, -0.2) is 29.1 Å². The Labute approximate surface area is 186 Å². The molecule has 0 saturated carbocycles. The number of ether oxygens (including phenoxy) is 2. The minimum Gasteiger partial charge on any atom is -0.493 e. The molecule has 156 valence electrons. The number of aromatic nitrogens is 2. The number of rotatable bonds is 6. The van der Waals surface area contributed by atoms with E-state index in [1.165, 1.54) is 0 Å². The smallest absolute Gasteiger partial charge is 0.175 e. The molecule has 4 aromatic rings. The highest BCUT2D eigenvalue weighted by Gasteiger charge is 2.09. The summed E-state index contributed by atoms with van der Waals surface area (Å²) in [6.45, 7) is 0. The zero-order valence-electron chi connectivity index (χ0n) is 17.2. The van der Waals surface area contributed by atoms with Crippen LogP contribution in [-0.2, 0) is 0 Å². The first-order valence-electron chi connectivity index (χ1n) is 9.68. The number of anilines is 2. The Morgan fingerprint density at radius 2 is 1.48 bits per heavy atom. The van der Waals surface area contributed by atoms with Crippen LogP contribution < -0.4 is 20.1 Å². The molecule has 4 rings (SSSR count). The first kappa shape index (κ1) is 20.4. The Morgan fingerprint density at radius 3 is 2.16 bits per heavy atom. The Bertz CT molecular complexity index is 1170. The fourth-order valence-electron chi connectivity index (χ4n) is 3.13. The molecule has 0 spiro atoms. The summed E-state index contributed by atoms with van der Waals surface area (Å²) in [7, 11) is 3.24. The second-order valence-corrected chi connectivity index (χ2v) is 7.12. The number of para-hydroxylation sites is 1. The second-order valence-electron chi connectivity index (χ2n) is 6.71. The van der Waals surface area contributed by atoms with Crippen molar-refractivity contribution in [2.24, 2.45) is 0 Å². The summed E-state index contributed by atoms with van der Waals surface area (Å²) in [6.07, 6.45) is 1.93. The van der Waals surface area contributed by atoms with E-state index in [4.69, 9.17) is 21.7 Å². The van der Waals surface area contributed by atoms with Crippen molar-refractivity contribution in [3.05, 3.63) is 85.1 Å². The number of benzene rings is 3. The average Bonchev–Trinajstić information content (AvgIpc) is 3.30. The van der Waals surface area contributed by atoms with Gasteiger partial charge in [0.05, 0.1) is 25.6 Å². The standard InChI is InChI=1S/C24H22N4O2S/c1-29-22-13-8-17(16-23(22)30-2)21-14-15-28(27-21)20-11-9-19(10-12-20)26-24(31)25-18-6-4-3-5-7-18/h3-16H,1-2H3,(H2,25,26,31). The molecule has 0 aliphatic rings. The van der Waals surface area contributed by atoms with Gasteiger partial charge in [0.25, 0.3) is 0 Å². The van der Waals surface area contributed by atoms with Gasteiger partial charge in [-0.15, -0.1) is 0 Å². The summed E-state index contributed by atoms with van der Waals surface area (Å²) in [5, 5.41) is 11.6. The van der Waals surface area contributed by atoms with E-state index in [0.717, 1.165) is 28.3 Å². The molecular formula is C24H22N4O2S.